The molecule has 2 heterocycles. The zero-order chi connectivity index (χ0) is 14.4. The van der Waals surface area contributed by atoms with Crippen LogP contribution in [0.5, 0.6) is 0 Å². The van der Waals surface area contributed by atoms with E-state index in [0.717, 1.165) is 25.2 Å². The standard InChI is InChI=1S/C16H26N2OS/c1-13(2)3-7-18-8-4-15(5-9-18)17-11-16(19)14-6-10-20-12-14/h3,6,10,12,15-17,19H,4-5,7-9,11H2,1-2H3. The molecule has 1 saturated heterocycles. The third-order valence-electron chi connectivity index (χ3n) is 3.87. The Kier molecular flexibility index (Phi) is 6.23. The molecule has 112 valence electrons. The molecule has 0 aromatic carbocycles. The zero-order valence-corrected chi connectivity index (χ0v) is 13.3. The fraction of sp³-hybridized carbons (Fsp3) is 0.625. The van der Waals surface area contributed by atoms with Crippen molar-refractivity contribution in [1.82, 2.24) is 10.2 Å². The summed E-state index contributed by atoms with van der Waals surface area (Å²) in [4.78, 5) is 2.50. The van der Waals surface area contributed by atoms with Crippen molar-refractivity contribution in [2.24, 2.45) is 0 Å². The van der Waals surface area contributed by atoms with E-state index in [1.54, 1.807) is 11.3 Å². The second kappa shape index (κ2) is 7.93. The van der Waals surface area contributed by atoms with Crippen LogP contribution >= 0.6 is 11.3 Å². The van der Waals surface area contributed by atoms with E-state index in [-0.39, 0.29) is 6.10 Å². The Bertz CT molecular complexity index is 404. The van der Waals surface area contributed by atoms with Crippen molar-refractivity contribution in [3.63, 3.8) is 0 Å². The van der Waals surface area contributed by atoms with Gasteiger partial charge in [0.2, 0.25) is 0 Å². The predicted octanol–water partition coefficient (Wildman–Crippen LogP) is 2.80. The van der Waals surface area contributed by atoms with Gasteiger partial charge in [-0.3, -0.25) is 4.90 Å². The Morgan fingerprint density at radius 1 is 1.50 bits per heavy atom. The molecule has 3 nitrogen and oxygen atoms in total. The van der Waals surface area contributed by atoms with E-state index in [0.29, 0.717) is 12.6 Å². The minimum Gasteiger partial charge on any atom is -0.387 e. The van der Waals surface area contributed by atoms with Crippen LogP contribution in [0.1, 0.15) is 38.4 Å². The van der Waals surface area contributed by atoms with Crippen molar-refractivity contribution in [1.29, 1.82) is 0 Å². The van der Waals surface area contributed by atoms with Crippen molar-refractivity contribution in [3.05, 3.63) is 34.0 Å². The number of hydrogen-bond acceptors (Lipinski definition) is 4. The molecule has 0 amide bonds. The van der Waals surface area contributed by atoms with Crippen molar-refractivity contribution in [2.75, 3.05) is 26.2 Å². The largest absolute Gasteiger partial charge is 0.387 e. The Balaban J connectivity index is 1.66. The fourth-order valence-electron chi connectivity index (χ4n) is 2.49. The molecule has 0 radical (unpaired) electrons. The highest BCUT2D eigenvalue weighted by molar-refractivity contribution is 7.07. The van der Waals surface area contributed by atoms with E-state index in [9.17, 15) is 5.11 Å². The quantitative estimate of drug-likeness (QED) is 0.792. The van der Waals surface area contributed by atoms with Crippen LogP contribution in [0.4, 0.5) is 0 Å². The summed E-state index contributed by atoms with van der Waals surface area (Å²) in [5.41, 5.74) is 2.42. The first kappa shape index (κ1) is 15.7. The van der Waals surface area contributed by atoms with Gasteiger partial charge < -0.3 is 10.4 Å². The van der Waals surface area contributed by atoms with Crippen LogP contribution in [0.3, 0.4) is 0 Å². The first-order valence-electron chi connectivity index (χ1n) is 7.44. The maximum Gasteiger partial charge on any atom is 0.0922 e. The highest BCUT2D eigenvalue weighted by Crippen LogP contribution is 2.16. The maximum absolute atomic E-state index is 10.1. The van der Waals surface area contributed by atoms with Crippen LogP contribution in [0.25, 0.3) is 0 Å². The molecule has 0 bridgehead atoms. The van der Waals surface area contributed by atoms with Gasteiger partial charge in [-0.1, -0.05) is 11.6 Å². The van der Waals surface area contributed by atoms with Crippen molar-refractivity contribution < 1.29 is 5.11 Å². The first-order valence-corrected chi connectivity index (χ1v) is 8.38. The highest BCUT2D eigenvalue weighted by Gasteiger charge is 2.19. The van der Waals surface area contributed by atoms with Gasteiger partial charge in [-0.15, -0.1) is 0 Å². The van der Waals surface area contributed by atoms with E-state index in [4.69, 9.17) is 0 Å². The third-order valence-corrected chi connectivity index (χ3v) is 4.57. The van der Waals surface area contributed by atoms with Crippen molar-refractivity contribution in [2.45, 2.75) is 38.8 Å². The SMILES string of the molecule is CC(C)=CCN1CCC(NCC(O)c2ccsc2)CC1. The first-order chi connectivity index (χ1) is 9.65. The van der Waals surface area contributed by atoms with Crippen LogP contribution in [-0.4, -0.2) is 42.2 Å². The van der Waals surface area contributed by atoms with Gasteiger partial charge in [0.25, 0.3) is 0 Å². The number of aliphatic hydroxyl groups is 1. The molecule has 4 heteroatoms. The fourth-order valence-corrected chi connectivity index (χ4v) is 3.20. The molecule has 1 unspecified atom stereocenters. The van der Waals surface area contributed by atoms with Gasteiger partial charge in [0.15, 0.2) is 0 Å². The lowest BCUT2D eigenvalue weighted by Gasteiger charge is -2.32. The van der Waals surface area contributed by atoms with Crippen LogP contribution in [0, 0.1) is 0 Å². The lowest BCUT2D eigenvalue weighted by atomic mass is 10.0. The Morgan fingerprint density at radius 2 is 2.25 bits per heavy atom. The minimum absolute atomic E-state index is 0.370. The molecule has 0 spiro atoms. The lowest BCUT2D eigenvalue weighted by molar-refractivity contribution is 0.155. The van der Waals surface area contributed by atoms with Gasteiger partial charge in [0.05, 0.1) is 6.10 Å². The molecule has 1 fully saturated rings. The number of likely N-dealkylation sites (tertiary alicyclic amines) is 1. The number of hydrogen-bond donors (Lipinski definition) is 2. The molecule has 0 saturated carbocycles. The third kappa shape index (κ3) is 5.02. The highest BCUT2D eigenvalue weighted by atomic mass is 32.1. The van der Waals surface area contributed by atoms with Gasteiger partial charge in [0.1, 0.15) is 0 Å². The van der Waals surface area contributed by atoms with Crippen molar-refractivity contribution in [3.8, 4) is 0 Å². The zero-order valence-electron chi connectivity index (χ0n) is 12.5. The molecule has 1 aromatic heterocycles. The van der Waals surface area contributed by atoms with Crippen LogP contribution in [0.15, 0.2) is 28.5 Å². The number of piperidine rings is 1. The topological polar surface area (TPSA) is 35.5 Å². The number of nitrogens with zero attached hydrogens (tertiary/aromatic N) is 1. The van der Waals surface area contributed by atoms with E-state index in [1.165, 1.54) is 18.4 Å². The normalized spacial score (nSPS) is 18.9. The molecule has 1 aliphatic heterocycles. The number of rotatable bonds is 6. The number of allylic oxidation sites excluding steroid dienone is 1. The van der Waals surface area contributed by atoms with E-state index < -0.39 is 0 Å². The summed E-state index contributed by atoms with van der Waals surface area (Å²) >= 11 is 1.64. The van der Waals surface area contributed by atoms with Crippen LogP contribution in [0.2, 0.25) is 0 Å². The van der Waals surface area contributed by atoms with Crippen LogP contribution in [-0.2, 0) is 0 Å². The second-order valence-corrected chi connectivity index (χ2v) is 6.62. The monoisotopic (exact) mass is 294 g/mol. The number of thiophene rings is 1. The van der Waals surface area contributed by atoms with Crippen molar-refractivity contribution >= 4 is 11.3 Å². The molecule has 2 rings (SSSR count). The molecular weight excluding hydrogens is 268 g/mol. The molecular formula is C16H26N2OS. The van der Waals surface area contributed by atoms with Gasteiger partial charge in [0, 0.05) is 19.1 Å². The molecule has 1 aromatic rings. The molecule has 2 N–H and O–H groups in total. The molecule has 1 atom stereocenters. The summed E-state index contributed by atoms with van der Waals surface area (Å²) in [5.74, 6) is 0. The summed E-state index contributed by atoms with van der Waals surface area (Å²) in [6.07, 6.45) is 4.28. The van der Waals surface area contributed by atoms with Gasteiger partial charge in [-0.25, -0.2) is 0 Å². The Hall–Kier alpha value is -0.680. The lowest BCUT2D eigenvalue weighted by Crippen LogP contribution is -2.43. The van der Waals surface area contributed by atoms with Gasteiger partial charge in [-0.2, -0.15) is 11.3 Å². The maximum atomic E-state index is 10.1. The Labute approximate surface area is 126 Å². The Morgan fingerprint density at radius 3 is 2.85 bits per heavy atom. The summed E-state index contributed by atoms with van der Waals surface area (Å²) in [5, 5.41) is 17.6. The average Bonchev–Trinajstić information content (AvgIpc) is 2.98. The average molecular weight is 294 g/mol. The van der Waals surface area contributed by atoms with E-state index >= 15 is 0 Å². The smallest absolute Gasteiger partial charge is 0.0922 e. The number of aliphatic hydroxyl groups excluding tert-OH is 1. The predicted molar refractivity (Wildman–Crippen MR) is 86.2 cm³/mol. The van der Waals surface area contributed by atoms with Gasteiger partial charge >= 0.3 is 0 Å². The molecule has 0 aliphatic carbocycles. The van der Waals surface area contributed by atoms with Crippen LogP contribution < -0.4 is 5.32 Å². The van der Waals surface area contributed by atoms with Gasteiger partial charge in [-0.05, 0) is 62.2 Å². The summed E-state index contributed by atoms with van der Waals surface area (Å²) < 4.78 is 0. The van der Waals surface area contributed by atoms with E-state index in [2.05, 4.69) is 30.1 Å². The minimum atomic E-state index is -0.370. The second-order valence-electron chi connectivity index (χ2n) is 5.84. The summed E-state index contributed by atoms with van der Waals surface area (Å²) in [6, 6.07) is 2.55. The summed E-state index contributed by atoms with van der Waals surface area (Å²) in [6.45, 7) is 8.34. The molecule has 20 heavy (non-hydrogen) atoms. The van der Waals surface area contributed by atoms with E-state index in [1.807, 2.05) is 16.8 Å². The summed E-state index contributed by atoms with van der Waals surface area (Å²) in [7, 11) is 0. The molecule has 1 aliphatic rings. The number of nitrogens with one attached hydrogen (secondary N) is 1.